The highest BCUT2D eigenvalue weighted by Gasteiger charge is 2.79. The Bertz CT molecular complexity index is 925. The van der Waals surface area contributed by atoms with E-state index in [0.717, 1.165) is 5.57 Å². The van der Waals surface area contributed by atoms with E-state index in [1.54, 1.807) is 26.8 Å². The fourth-order valence-electron chi connectivity index (χ4n) is 7.93. The maximum Gasteiger partial charge on any atom is 0.193 e. The third-order valence-electron chi connectivity index (χ3n) is 9.19. The zero-order valence-corrected chi connectivity index (χ0v) is 18.5. The predicted molar refractivity (Wildman–Crippen MR) is 109 cm³/mol. The smallest absolute Gasteiger partial charge is 0.193 e. The Hall–Kier alpha value is -1.41. The highest BCUT2D eigenvalue weighted by molar-refractivity contribution is 6.01. The molecule has 4 fully saturated rings. The monoisotopic (exact) mass is 434 g/mol. The molecular weight excluding hydrogens is 403 g/mol. The van der Waals surface area contributed by atoms with Crippen molar-refractivity contribution in [2.75, 3.05) is 6.61 Å². The molecule has 1 saturated heterocycles. The van der Waals surface area contributed by atoms with Gasteiger partial charge in [-0.3, -0.25) is 9.59 Å². The fourth-order valence-corrected chi connectivity index (χ4v) is 7.93. The molecule has 2 N–H and O–H groups in total. The third-order valence-corrected chi connectivity index (χ3v) is 9.19. The normalized spacial score (nSPS) is 52.1. The van der Waals surface area contributed by atoms with Gasteiger partial charge in [0.15, 0.2) is 28.6 Å². The van der Waals surface area contributed by atoms with Gasteiger partial charge in [0.2, 0.25) is 0 Å². The standard InChI is InChI=1S/C24H31FO6/c1-20(2)30-19-10-16-15-6-5-13-9-14(27)7-8-21(13,3)23(15,25)17(28)11-22(16,4)24(19,31-20)18(29)12-26/h7-9,15-17,19,26,28H,5-6,10-12H2,1-4H3/t15?,16?,17?,19-,21+,22+,23+,24-/m1/s1. The summed E-state index contributed by atoms with van der Waals surface area (Å²) in [5.41, 5.74) is -4.66. The molecule has 7 heteroatoms. The average molecular weight is 435 g/mol. The zero-order valence-electron chi connectivity index (χ0n) is 18.5. The Morgan fingerprint density at radius 2 is 1.97 bits per heavy atom. The molecule has 170 valence electrons. The summed E-state index contributed by atoms with van der Waals surface area (Å²) in [6.07, 6.45) is 4.00. The van der Waals surface area contributed by atoms with Crippen LogP contribution in [0.1, 0.15) is 53.4 Å². The Balaban J connectivity index is 1.64. The van der Waals surface area contributed by atoms with Crippen LogP contribution in [0.4, 0.5) is 4.39 Å². The maximum atomic E-state index is 17.1. The molecule has 0 spiro atoms. The number of carbonyl (C=O) groups excluding carboxylic acids is 2. The molecule has 4 aliphatic carbocycles. The topological polar surface area (TPSA) is 93.1 Å². The second kappa shape index (κ2) is 6.13. The summed E-state index contributed by atoms with van der Waals surface area (Å²) >= 11 is 0. The van der Waals surface area contributed by atoms with Gasteiger partial charge in [0.25, 0.3) is 0 Å². The number of Topliss-reactive ketones (excluding diaryl/α,β-unsaturated/α-hetero) is 1. The lowest BCUT2D eigenvalue weighted by Gasteiger charge is -2.62. The first-order valence-corrected chi connectivity index (χ1v) is 11.2. The van der Waals surface area contributed by atoms with Gasteiger partial charge in [-0.25, -0.2) is 4.39 Å². The summed E-state index contributed by atoms with van der Waals surface area (Å²) in [5, 5.41) is 21.2. The molecule has 31 heavy (non-hydrogen) atoms. The van der Waals surface area contributed by atoms with Crippen LogP contribution in [0.5, 0.6) is 0 Å². The van der Waals surface area contributed by atoms with E-state index >= 15 is 4.39 Å². The van der Waals surface area contributed by atoms with Crippen LogP contribution in [0.2, 0.25) is 0 Å². The molecular formula is C24H31FO6. The van der Waals surface area contributed by atoms with E-state index in [2.05, 4.69) is 0 Å². The van der Waals surface area contributed by atoms with Crippen molar-refractivity contribution in [2.45, 2.75) is 82.6 Å². The van der Waals surface area contributed by atoms with Gasteiger partial charge >= 0.3 is 0 Å². The molecule has 1 aliphatic heterocycles. The molecule has 3 unspecified atom stereocenters. The summed E-state index contributed by atoms with van der Waals surface area (Å²) < 4.78 is 29.5. The molecule has 6 nitrogen and oxygen atoms in total. The summed E-state index contributed by atoms with van der Waals surface area (Å²) in [7, 11) is 0. The molecule has 1 heterocycles. The number of hydrogen-bond donors (Lipinski definition) is 2. The molecule has 0 aromatic heterocycles. The van der Waals surface area contributed by atoms with Crippen molar-refractivity contribution in [3.63, 3.8) is 0 Å². The van der Waals surface area contributed by atoms with Crippen LogP contribution in [-0.2, 0) is 19.1 Å². The lowest BCUT2D eigenvalue weighted by atomic mass is 9.44. The summed E-state index contributed by atoms with van der Waals surface area (Å²) in [6, 6.07) is 0. The van der Waals surface area contributed by atoms with Gasteiger partial charge in [0.1, 0.15) is 6.61 Å². The lowest BCUT2D eigenvalue weighted by molar-refractivity contribution is -0.246. The van der Waals surface area contributed by atoms with Crippen molar-refractivity contribution in [3.8, 4) is 0 Å². The van der Waals surface area contributed by atoms with Crippen LogP contribution in [0, 0.1) is 22.7 Å². The van der Waals surface area contributed by atoms with E-state index in [-0.39, 0.29) is 18.1 Å². The number of alkyl halides is 1. The molecule has 0 bridgehead atoms. The first-order chi connectivity index (χ1) is 14.4. The van der Waals surface area contributed by atoms with Crippen molar-refractivity contribution < 1.29 is 33.7 Å². The van der Waals surface area contributed by atoms with Gasteiger partial charge < -0.3 is 19.7 Å². The van der Waals surface area contributed by atoms with Gasteiger partial charge in [-0.15, -0.1) is 0 Å². The minimum Gasteiger partial charge on any atom is -0.390 e. The van der Waals surface area contributed by atoms with Gasteiger partial charge in [-0.2, -0.15) is 0 Å². The number of carbonyl (C=O) groups is 2. The van der Waals surface area contributed by atoms with E-state index in [9.17, 15) is 19.8 Å². The highest BCUT2D eigenvalue weighted by atomic mass is 19.1. The number of aliphatic hydroxyl groups excluding tert-OH is 2. The zero-order chi connectivity index (χ0) is 22.6. The van der Waals surface area contributed by atoms with Gasteiger partial charge in [-0.1, -0.05) is 18.6 Å². The largest absolute Gasteiger partial charge is 0.390 e. The van der Waals surface area contributed by atoms with E-state index in [1.165, 1.54) is 12.2 Å². The summed E-state index contributed by atoms with van der Waals surface area (Å²) in [4.78, 5) is 25.1. The maximum absolute atomic E-state index is 17.1. The van der Waals surface area contributed by atoms with E-state index < -0.39 is 58.4 Å². The van der Waals surface area contributed by atoms with Crippen molar-refractivity contribution in [2.24, 2.45) is 22.7 Å². The van der Waals surface area contributed by atoms with Crippen molar-refractivity contribution in [3.05, 3.63) is 23.8 Å². The minimum absolute atomic E-state index is 0.0109. The third kappa shape index (κ3) is 2.31. The molecule has 5 rings (SSSR count). The lowest BCUT2D eigenvalue weighted by Crippen LogP contribution is -2.70. The first-order valence-electron chi connectivity index (χ1n) is 11.2. The van der Waals surface area contributed by atoms with E-state index in [4.69, 9.17) is 9.47 Å². The number of halogens is 1. The predicted octanol–water partition coefficient (Wildman–Crippen LogP) is 2.42. The number of aliphatic hydroxyl groups is 2. The number of rotatable bonds is 2. The minimum atomic E-state index is -1.98. The van der Waals surface area contributed by atoms with Crippen LogP contribution >= 0.6 is 0 Å². The molecule has 0 aromatic carbocycles. The Labute approximate surface area is 181 Å². The second-order valence-corrected chi connectivity index (χ2v) is 10.9. The summed E-state index contributed by atoms with van der Waals surface area (Å²) in [6.45, 7) is 6.41. The number of ether oxygens (including phenoxy) is 2. The van der Waals surface area contributed by atoms with Crippen molar-refractivity contribution >= 4 is 11.6 Å². The van der Waals surface area contributed by atoms with Crippen LogP contribution in [0.3, 0.4) is 0 Å². The Kier molecular flexibility index (Phi) is 4.24. The molecule has 0 aromatic rings. The SMILES string of the molecule is CC1(C)O[C@@H]2CC3C4CCC5=CC(=O)C=C[C@]5(C)[C@@]4(F)C(O)C[C@]3(C)[C@]2(C(=O)CO)O1. The van der Waals surface area contributed by atoms with Gasteiger partial charge in [0.05, 0.1) is 12.2 Å². The summed E-state index contributed by atoms with van der Waals surface area (Å²) in [5.74, 6) is -2.46. The van der Waals surface area contributed by atoms with E-state index in [1.807, 2.05) is 6.92 Å². The second-order valence-electron chi connectivity index (χ2n) is 10.9. The quantitative estimate of drug-likeness (QED) is 0.694. The van der Waals surface area contributed by atoms with Gasteiger partial charge in [-0.05, 0) is 64.5 Å². The molecule has 0 amide bonds. The van der Waals surface area contributed by atoms with E-state index in [0.29, 0.717) is 19.3 Å². The molecule has 3 saturated carbocycles. The Morgan fingerprint density at radius 1 is 1.26 bits per heavy atom. The number of ketones is 2. The van der Waals surface area contributed by atoms with Crippen LogP contribution in [0.15, 0.2) is 23.8 Å². The van der Waals surface area contributed by atoms with Crippen molar-refractivity contribution in [1.29, 1.82) is 0 Å². The van der Waals surface area contributed by atoms with Gasteiger partial charge in [0, 0.05) is 16.7 Å². The average Bonchev–Trinajstić information content (AvgIpc) is 3.09. The number of allylic oxidation sites excluding steroid dienone is 4. The highest BCUT2D eigenvalue weighted by Crippen LogP contribution is 2.72. The number of hydrogen-bond acceptors (Lipinski definition) is 6. The Morgan fingerprint density at radius 3 is 2.65 bits per heavy atom. The first kappa shape index (κ1) is 21.4. The van der Waals surface area contributed by atoms with Crippen molar-refractivity contribution in [1.82, 2.24) is 0 Å². The van der Waals surface area contributed by atoms with Crippen LogP contribution < -0.4 is 0 Å². The number of fused-ring (bicyclic) bond motifs is 7. The van der Waals surface area contributed by atoms with Crippen LogP contribution in [-0.4, -0.2) is 57.7 Å². The molecule has 8 atom stereocenters. The van der Waals surface area contributed by atoms with Crippen LogP contribution in [0.25, 0.3) is 0 Å². The fraction of sp³-hybridized carbons (Fsp3) is 0.750. The molecule has 0 radical (unpaired) electrons. The molecule has 5 aliphatic rings.